The van der Waals surface area contributed by atoms with Crippen LogP contribution >= 0.6 is 22.9 Å². The number of urea groups is 1. The lowest BCUT2D eigenvalue weighted by Gasteiger charge is -2.38. The topological polar surface area (TPSA) is 128 Å². The molecule has 0 saturated carbocycles. The summed E-state index contributed by atoms with van der Waals surface area (Å²) < 4.78 is 19.2. The molecule has 6 rings (SSSR count). The number of fused-ring (bicyclic) bond motifs is 1. The van der Waals surface area contributed by atoms with E-state index in [0.717, 1.165) is 11.3 Å². The highest BCUT2D eigenvalue weighted by Gasteiger charge is 2.42. The highest BCUT2D eigenvalue weighted by molar-refractivity contribution is 7.11. The predicted octanol–water partition coefficient (Wildman–Crippen LogP) is 4.66. The Hall–Kier alpha value is -4.33. The summed E-state index contributed by atoms with van der Waals surface area (Å²) in [4.78, 5) is 52.8. The number of aliphatic imine (C=N–C) groups is 1. The van der Waals surface area contributed by atoms with Crippen molar-refractivity contribution in [3.05, 3.63) is 92.3 Å². The zero-order valence-corrected chi connectivity index (χ0v) is 26.7. The molecule has 3 aliphatic rings. The van der Waals surface area contributed by atoms with Crippen molar-refractivity contribution in [1.82, 2.24) is 20.1 Å². The molecule has 2 amide bonds. The van der Waals surface area contributed by atoms with Gasteiger partial charge in [0.05, 0.1) is 25.1 Å². The number of rotatable bonds is 9. The average molecular weight is 667 g/mol. The molecule has 2 aromatic carbocycles. The van der Waals surface area contributed by atoms with E-state index >= 15 is 0 Å². The first-order chi connectivity index (χ1) is 22.1. The van der Waals surface area contributed by atoms with Crippen LogP contribution in [0.1, 0.15) is 41.4 Å². The van der Waals surface area contributed by atoms with E-state index < -0.39 is 23.8 Å². The maximum absolute atomic E-state index is 14.0. The number of benzene rings is 2. The number of carboxylic acid groups (broad SMARTS) is 1. The van der Waals surface area contributed by atoms with Gasteiger partial charge in [-0.3, -0.25) is 19.6 Å². The molecule has 3 aromatic rings. The summed E-state index contributed by atoms with van der Waals surface area (Å²) in [5, 5.41) is 15.0. The van der Waals surface area contributed by atoms with Crippen LogP contribution in [-0.2, 0) is 14.3 Å². The summed E-state index contributed by atoms with van der Waals surface area (Å²) >= 11 is 7.86. The Bertz CT molecular complexity index is 1720. The highest BCUT2D eigenvalue weighted by Crippen LogP contribution is 2.37. The average Bonchev–Trinajstić information content (AvgIpc) is 3.69. The minimum atomic E-state index is -0.860. The van der Waals surface area contributed by atoms with Crippen LogP contribution < -0.4 is 10.2 Å². The predicted molar refractivity (Wildman–Crippen MR) is 172 cm³/mol. The normalized spacial score (nSPS) is 20.7. The molecule has 3 aliphatic heterocycles. The summed E-state index contributed by atoms with van der Waals surface area (Å²) in [6.45, 7) is 4.29. The van der Waals surface area contributed by atoms with E-state index in [1.807, 2.05) is 41.5 Å². The van der Waals surface area contributed by atoms with Crippen LogP contribution in [0, 0.1) is 5.82 Å². The zero-order valence-electron chi connectivity index (χ0n) is 25.2. The second-order valence-corrected chi connectivity index (χ2v) is 12.8. The number of hydrogen-bond donors (Lipinski definition) is 2. The number of aliphatic carboxylic acids is 1. The number of methoxy groups -OCH3 is 1. The van der Waals surface area contributed by atoms with Crippen LogP contribution in [0.5, 0.6) is 0 Å². The summed E-state index contributed by atoms with van der Waals surface area (Å²) in [6.07, 6.45) is 1.70. The SMILES string of the molecule is COC(=O)C1=C(CN2CCN3C(=O)N(c4ccc([C@@H](C)CC(=O)O)cc4)C[C@@H]3C2)NC(c2nccs2)=N[C@H]1c1ccc(F)cc1Cl. The smallest absolute Gasteiger partial charge is 0.338 e. The molecule has 14 heteroatoms. The number of carbonyl (C=O) groups is 3. The van der Waals surface area contributed by atoms with Crippen LogP contribution in [0.15, 0.2) is 70.3 Å². The fraction of sp³-hybridized carbons (Fsp3) is 0.344. The third-order valence-electron chi connectivity index (χ3n) is 8.50. The Kier molecular flexibility index (Phi) is 9.07. The monoisotopic (exact) mass is 666 g/mol. The fourth-order valence-electron chi connectivity index (χ4n) is 6.19. The van der Waals surface area contributed by atoms with E-state index in [-0.39, 0.29) is 35.0 Å². The zero-order chi connectivity index (χ0) is 32.5. The second kappa shape index (κ2) is 13.2. The molecule has 4 heterocycles. The second-order valence-electron chi connectivity index (χ2n) is 11.5. The van der Waals surface area contributed by atoms with Crippen molar-refractivity contribution in [2.45, 2.75) is 31.3 Å². The Morgan fingerprint density at radius 1 is 1.20 bits per heavy atom. The van der Waals surface area contributed by atoms with Gasteiger partial charge in [-0.1, -0.05) is 36.7 Å². The first-order valence-corrected chi connectivity index (χ1v) is 16.0. The van der Waals surface area contributed by atoms with E-state index in [1.165, 1.54) is 36.6 Å². The number of ether oxygens (including phenoxy) is 1. The van der Waals surface area contributed by atoms with Crippen molar-refractivity contribution >= 4 is 52.4 Å². The van der Waals surface area contributed by atoms with Gasteiger partial charge in [0.2, 0.25) is 0 Å². The van der Waals surface area contributed by atoms with E-state index in [0.29, 0.717) is 54.8 Å². The largest absolute Gasteiger partial charge is 0.481 e. The molecular weight excluding hydrogens is 635 g/mol. The molecule has 0 aliphatic carbocycles. The molecule has 240 valence electrons. The van der Waals surface area contributed by atoms with Gasteiger partial charge in [-0.15, -0.1) is 11.3 Å². The number of esters is 1. The Morgan fingerprint density at radius 3 is 2.65 bits per heavy atom. The van der Waals surface area contributed by atoms with Crippen LogP contribution in [0.2, 0.25) is 5.02 Å². The van der Waals surface area contributed by atoms with E-state index in [2.05, 4.69) is 15.2 Å². The van der Waals surface area contributed by atoms with Crippen LogP contribution in [0.3, 0.4) is 0 Å². The van der Waals surface area contributed by atoms with Gasteiger partial charge in [-0.05, 0) is 35.7 Å². The van der Waals surface area contributed by atoms with Gasteiger partial charge in [-0.2, -0.15) is 0 Å². The highest BCUT2D eigenvalue weighted by atomic mass is 35.5. The third-order valence-corrected chi connectivity index (χ3v) is 9.60. The minimum absolute atomic E-state index is 0.0333. The molecular formula is C32H32ClFN6O5S. The number of anilines is 1. The third kappa shape index (κ3) is 6.35. The summed E-state index contributed by atoms with van der Waals surface area (Å²) in [7, 11) is 1.30. The van der Waals surface area contributed by atoms with Crippen LogP contribution in [0.25, 0.3) is 0 Å². The van der Waals surface area contributed by atoms with Gasteiger partial charge in [0.1, 0.15) is 11.9 Å². The molecule has 0 bridgehead atoms. The Labute approximate surface area is 273 Å². The maximum atomic E-state index is 14.0. The van der Waals surface area contributed by atoms with Gasteiger partial charge in [0, 0.05) is 66.3 Å². The van der Waals surface area contributed by atoms with Crippen LogP contribution in [0.4, 0.5) is 14.9 Å². The van der Waals surface area contributed by atoms with Crippen molar-refractivity contribution in [1.29, 1.82) is 0 Å². The molecule has 0 radical (unpaired) electrons. The fourth-order valence-corrected chi connectivity index (χ4v) is 7.04. The number of aromatic nitrogens is 1. The van der Waals surface area contributed by atoms with E-state index in [9.17, 15) is 18.8 Å². The Balaban J connectivity index is 1.24. The lowest BCUT2D eigenvalue weighted by Crippen LogP contribution is -2.53. The molecule has 11 nitrogen and oxygen atoms in total. The number of piperazine rings is 1. The Morgan fingerprint density at radius 2 is 1.98 bits per heavy atom. The molecule has 2 fully saturated rings. The summed E-state index contributed by atoms with van der Waals surface area (Å²) in [6, 6.07) is 10.4. The maximum Gasteiger partial charge on any atom is 0.338 e. The molecule has 3 atom stereocenters. The first kappa shape index (κ1) is 31.6. The van der Waals surface area contributed by atoms with Crippen LogP contribution in [-0.4, -0.2) is 89.6 Å². The summed E-state index contributed by atoms with van der Waals surface area (Å²) in [5.41, 5.74) is 2.95. The molecule has 1 aromatic heterocycles. The van der Waals surface area contributed by atoms with Crippen molar-refractivity contribution in [3.63, 3.8) is 0 Å². The number of hydrogen-bond acceptors (Lipinski definition) is 9. The number of carboxylic acids is 1. The number of thiazole rings is 1. The first-order valence-electron chi connectivity index (χ1n) is 14.8. The number of nitrogens with zero attached hydrogens (tertiary/aromatic N) is 5. The number of nitrogens with one attached hydrogen (secondary N) is 1. The molecule has 46 heavy (non-hydrogen) atoms. The van der Waals surface area contributed by atoms with Gasteiger partial charge < -0.3 is 20.1 Å². The van der Waals surface area contributed by atoms with Gasteiger partial charge >= 0.3 is 18.0 Å². The van der Waals surface area contributed by atoms with Crippen molar-refractivity contribution in [2.75, 3.05) is 44.7 Å². The number of amidine groups is 1. The summed E-state index contributed by atoms with van der Waals surface area (Å²) in [5.74, 6) is -1.62. The standard InChI is InChI=1S/C32H32ClFN6O5S/c1-18(13-26(41)42)19-3-6-21(7-4-19)40-16-22-15-38(10-11-39(22)32(40)44)17-25-27(31(43)45-2)28(23-8-5-20(34)14-24(23)33)37-29(36-25)30-35-9-12-46-30/h3-9,12,14,18,22,28H,10-11,13,15-17H2,1-2H3,(H,36,37)(H,41,42)/t18-,22-,28-/m0/s1. The van der Waals surface area contributed by atoms with Crippen molar-refractivity contribution in [3.8, 4) is 0 Å². The quantitative estimate of drug-likeness (QED) is 0.316. The molecule has 0 unspecified atom stereocenters. The number of carbonyl (C=O) groups excluding carboxylic acids is 2. The van der Waals surface area contributed by atoms with Crippen molar-refractivity contribution in [2.24, 2.45) is 4.99 Å². The molecule has 2 N–H and O–H groups in total. The lowest BCUT2D eigenvalue weighted by atomic mass is 9.95. The minimum Gasteiger partial charge on any atom is -0.481 e. The van der Waals surface area contributed by atoms with Gasteiger partial charge in [-0.25, -0.2) is 19.0 Å². The molecule has 2 saturated heterocycles. The van der Waals surface area contributed by atoms with Gasteiger partial charge in [0.15, 0.2) is 10.8 Å². The van der Waals surface area contributed by atoms with Crippen molar-refractivity contribution < 1.29 is 28.6 Å². The van der Waals surface area contributed by atoms with Gasteiger partial charge in [0.25, 0.3) is 0 Å². The van der Waals surface area contributed by atoms with E-state index in [1.54, 1.807) is 11.1 Å². The number of amides is 2. The lowest BCUT2D eigenvalue weighted by molar-refractivity contribution is -0.138. The van der Waals surface area contributed by atoms with E-state index in [4.69, 9.17) is 26.4 Å². The molecule has 0 spiro atoms. The number of halogens is 2.